The third kappa shape index (κ3) is 7.46. The van der Waals surface area contributed by atoms with E-state index in [2.05, 4.69) is 15.4 Å². The zero-order chi connectivity index (χ0) is 25.3. The second-order valence-electron chi connectivity index (χ2n) is 7.39. The molecule has 188 valence electrons. The molecule has 2 rings (SSSR count). The van der Waals surface area contributed by atoms with Crippen molar-refractivity contribution in [1.29, 1.82) is 0 Å². The lowest BCUT2D eigenvalue weighted by Gasteiger charge is -2.38. The molecule has 0 saturated carbocycles. The number of carboxylic acids is 1. The molecule has 13 heteroatoms. The van der Waals surface area contributed by atoms with Gasteiger partial charge in [-0.15, -0.1) is 0 Å². The van der Waals surface area contributed by atoms with Crippen molar-refractivity contribution in [2.24, 2.45) is 0 Å². The van der Waals surface area contributed by atoms with Crippen LogP contribution in [0.5, 0.6) is 0 Å². The third-order valence-electron chi connectivity index (χ3n) is 4.92. The van der Waals surface area contributed by atoms with Gasteiger partial charge in [-0.25, -0.2) is 9.59 Å². The molecule has 0 spiro atoms. The molecule has 3 unspecified atom stereocenters. The molecule has 1 aliphatic heterocycles. The van der Waals surface area contributed by atoms with Gasteiger partial charge in [0.2, 0.25) is 11.8 Å². The molecule has 13 nitrogen and oxygen atoms in total. The van der Waals surface area contributed by atoms with Crippen LogP contribution in [0, 0.1) is 0 Å². The van der Waals surface area contributed by atoms with Crippen LogP contribution in [0.15, 0.2) is 24.3 Å². The second-order valence-corrected chi connectivity index (χ2v) is 7.39. The molecule has 0 aliphatic carbocycles. The van der Waals surface area contributed by atoms with Crippen LogP contribution in [0.2, 0.25) is 0 Å². The van der Waals surface area contributed by atoms with Crippen molar-refractivity contribution in [2.45, 2.75) is 50.0 Å². The summed E-state index contributed by atoms with van der Waals surface area (Å²) in [6.07, 6.45) is -8.42. The average Bonchev–Trinajstić information content (AvgIpc) is 2.82. The predicted molar refractivity (Wildman–Crippen MR) is 114 cm³/mol. The highest BCUT2D eigenvalue weighted by Gasteiger charge is 2.47. The molecule has 1 fully saturated rings. The number of hydrogen-bond donors (Lipinski definition) is 6. The number of para-hydroxylation sites is 1. The number of aliphatic hydroxyl groups excluding tert-OH is 3. The van der Waals surface area contributed by atoms with Gasteiger partial charge in [0.1, 0.15) is 18.3 Å². The summed E-state index contributed by atoms with van der Waals surface area (Å²) in [4.78, 5) is 46.8. The van der Waals surface area contributed by atoms with Gasteiger partial charge in [-0.2, -0.15) is 0 Å². The van der Waals surface area contributed by atoms with Crippen LogP contribution in [0.25, 0.3) is 0 Å². The molecule has 1 aliphatic rings. The number of benzene rings is 1. The van der Waals surface area contributed by atoms with Crippen LogP contribution in [0.4, 0.5) is 5.69 Å². The largest absolute Gasteiger partial charge is 0.479 e. The number of carboxylic acid groups (broad SMARTS) is 1. The minimum Gasteiger partial charge on any atom is -0.479 e. The molecule has 5 atom stereocenters. The highest BCUT2D eigenvalue weighted by atomic mass is 16.7. The SMILES string of the molecule is COC(=O)c1ccccc1NC(=O)CCC(=O)NCCCO[C@@H]1OC(C(=O)O)[C@@H](O)C(O)C1O. The zero-order valence-electron chi connectivity index (χ0n) is 18.4. The van der Waals surface area contributed by atoms with Crippen molar-refractivity contribution < 1.29 is 53.8 Å². The summed E-state index contributed by atoms with van der Waals surface area (Å²) < 4.78 is 14.8. The highest BCUT2D eigenvalue weighted by molar-refractivity contribution is 6.01. The van der Waals surface area contributed by atoms with E-state index in [1.807, 2.05) is 0 Å². The summed E-state index contributed by atoms with van der Waals surface area (Å²) in [6.45, 7) is 0.101. The van der Waals surface area contributed by atoms with Gasteiger partial charge in [0, 0.05) is 19.4 Å². The first-order chi connectivity index (χ1) is 16.1. The van der Waals surface area contributed by atoms with E-state index < -0.39 is 54.5 Å². The molecule has 1 saturated heterocycles. The summed E-state index contributed by atoms with van der Waals surface area (Å²) in [7, 11) is 1.22. The Hall–Kier alpha value is -3.10. The lowest BCUT2D eigenvalue weighted by Crippen LogP contribution is -2.60. The van der Waals surface area contributed by atoms with Crippen LogP contribution in [0.1, 0.15) is 29.6 Å². The lowest BCUT2D eigenvalue weighted by atomic mass is 9.99. The highest BCUT2D eigenvalue weighted by Crippen LogP contribution is 2.22. The molecule has 1 aromatic rings. The van der Waals surface area contributed by atoms with Crippen LogP contribution in [-0.4, -0.2) is 95.1 Å². The topological polar surface area (TPSA) is 201 Å². The lowest BCUT2D eigenvalue weighted by molar-refractivity contribution is -0.294. The third-order valence-corrected chi connectivity index (χ3v) is 4.92. The minimum atomic E-state index is -1.81. The standard InChI is InChI=1S/C21H28N2O11/c1-32-20(31)11-5-2-3-6-12(11)23-14(25)8-7-13(24)22-9-4-10-33-21-17(28)15(26)16(27)18(34-21)19(29)30/h2-3,5-6,15-18,21,26-28H,4,7-10H2,1H3,(H,22,24)(H,23,25)(H,29,30)/t15?,16-,17?,18?,21+/m0/s1. The predicted octanol–water partition coefficient (Wildman–Crippen LogP) is -1.39. The maximum absolute atomic E-state index is 12.1. The first kappa shape index (κ1) is 27.1. The molecule has 0 radical (unpaired) electrons. The Balaban J connectivity index is 1.67. The normalized spacial score (nSPS) is 24.2. The van der Waals surface area contributed by atoms with Gasteiger partial charge in [0.15, 0.2) is 12.4 Å². The number of esters is 1. The van der Waals surface area contributed by atoms with Gasteiger partial charge in [-0.05, 0) is 18.6 Å². The number of carbonyl (C=O) groups is 4. The Morgan fingerprint density at radius 3 is 2.35 bits per heavy atom. The molecule has 0 aromatic heterocycles. The van der Waals surface area contributed by atoms with Crippen molar-refractivity contribution in [3.8, 4) is 0 Å². The Kier molecular flexibility index (Phi) is 10.3. The molecular weight excluding hydrogens is 456 g/mol. The number of aliphatic hydroxyl groups is 3. The van der Waals surface area contributed by atoms with E-state index in [4.69, 9.17) is 14.6 Å². The van der Waals surface area contributed by atoms with E-state index in [0.29, 0.717) is 0 Å². The molecule has 34 heavy (non-hydrogen) atoms. The van der Waals surface area contributed by atoms with E-state index in [9.17, 15) is 34.5 Å². The fourth-order valence-electron chi connectivity index (χ4n) is 3.10. The van der Waals surface area contributed by atoms with Gasteiger partial charge < -0.3 is 45.3 Å². The molecule has 1 aromatic carbocycles. The van der Waals surface area contributed by atoms with Gasteiger partial charge in [0.25, 0.3) is 0 Å². The number of ether oxygens (including phenoxy) is 3. The first-order valence-corrected chi connectivity index (χ1v) is 10.4. The Morgan fingerprint density at radius 1 is 1.00 bits per heavy atom. The molecule has 6 N–H and O–H groups in total. The van der Waals surface area contributed by atoms with E-state index >= 15 is 0 Å². The first-order valence-electron chi connectivity index (χ1n) is 10.4. The van der Waals surface area contributed by atoms with Crippen molar-refractivity contribution in [3.63, 3.8) is 0 Å². The Labute approximate surface area is 194 Å². The summed E-state index contributed by atoms with van der Waals surface area (Å²) in [5.41, 5.74) is 0.457. The number of aliphatic carboxylic acids is 1. The second kappa shape index (κ2) is 13.0. The Morgan fingerprint density at radius 2 is 1.68 bits per heavy atom. The molecule has 2 amide bonds. The summed E-state index contributed by atoms with van der Waals surface area (Å²) in [5, 5.41) is 43.3. The number of carbonyl (C=O) groups excluding carboxylic acids is 3. The number of hydrogen-bond acceptors (Lipinski definition) is 10. The quantitative estimate of drug-likeness (QED) is 0.159. The minimum absolute atomic E-state index is 0.0536. The van der Waals surface area contributed by atoms with Crippen LogP contribution < -0.4 is 10.6 Å². The monoisotopic (exact) mass is 484 g/mol. The number of methoxy groups -OCH3 is 1. The van der Waals surface area contributed by atoms with Crippen LogP contribution >= 0.6 is 0 Å². The van der Waals surface area contributed by atoms with Crippen molar-refractivity contribution in [2.75, 3.05) is 25.6 Å². The van der Waals surface area contributed by atoms with E-state index in [-0.39, 0.29) is 43.7 Å². The maximum Gasteiger partial charge on any atom is 0.339 e. The fourth-order valence-corrected chi connectivity index (χ4v) is 3.10. The number of rotatable bonds is 11. The smallest absolute Gasteiger partial charge is 0.339 e. The van der Waals surface area contributed by atoms with Crippen molar-refractivity contribution in [1.82, 2.24) is 5.32 Å². The van der Waals surface area contributed by atoms with Gasteiger partial charge in [0.05, 0.1) is 25.0 Å². The van der Waals surface area contributed by atoms with Gasteiger partial charge >= 0.3 is 11.9 Å². The summed E-state index contributed by atoms with van der Waals surface area (Å²) in [6, 6.07) is 6.29. The van der Waals surface area contributed by atoms with E-state index in [1.165, 1.54) is 19.2 Å². The van der Waals surface area contributed by atoms with Gasteiger partial charge in [-0.3, -0.25) is 9.59 Å². The van der Waals surface area contributed by atoms with E-state index in [1.54, 1.807) is 12.1 Å². The average molecular weight is 484 g/mol. The number of anilines is 1. The molecule has 1 heterocycles. The Bertz CT molecular complexity index is 878. The maximum atomic E-state index is 12.1. The van der Waals surface area contributed by atoms with Crippen molar-refractivity contribution >= 4 is 29.4 Å². The summed E-state index contributed by atoms with van der Waals surface area (Å²) in [5.74, 6) is -3.00. The molecule has 0 bridgehead atoms. The van der Waals surface area contributed by atoms with Gasteiger partial charge in [-0.1, -0.05) is 12.1 Å². The number of amides is 2. The zero-order valence-corrected chi connectivity index (χ0v) is 18.4. The van der Waals surface area contributed by atoms with Crippen LogP contribution in [0.3, 0.4) is 0 Å². The fraction of sp³-hybridized carbons (Fsp3) is 0.524. The van der Waals surface area contributed by atoms with Crippen LogP contribution in [-0.2, 0) is 28.6 Å². The summed E-state index contributed by atoms with van der Waals surface area (Å²) >= 11 is 0. The van der Waals surface area contributed by atoms with Crippen molar-refractivity contribution in [3.05, 3.63) is 29.8 Å². The number of nitrogens with one attached hydrogen (secondary N) is 2. The molecular formula is C21H28N2O11. The van der Waals surface area contributed by atoms with E-state index in [0.717, 1.165) is 0 Å².